The van der Waals surface area contributed by atoms with E-state index in [1.807, 2.05) is 6.07 Å². The molecule has 0 saturated heterocycles. The molecule has 90 valence electrons. The molecule has 0 spiro atoms. The van der Waals surface area contributed by atoms with Crippen LogP contribution in [-0.2, 0) is 16.0 Å². The van der Waals surface area contributed by atoms with E-state index in [-0.39, 0.29) is 5.91 Å². The molecule has 0 fully saturated rings. The van der Waals surface area contributed by atoms with Crippen LogP contribution in [0.5, 0.6) is 0 Å². The Balaban J connectivity index is 2.33. The molecular formula is C12H14N2O3. The Morgan fingerprint density at radius 1 is 1.47 bits per heavy atom. The number of rotatable bonds is 3. The number of hydrogen-bond donors (Lipinski definition) is 3. The fraction of sp³-hybridized carbons (Fsp3) is 0.333. The smallest absolute Gasteiger partial charge is 0.325 e. The van der Waals surface area contributed by atoms with Crippen LogP contribution in [0.2, 0.25) is 0 Å². The highest BCUT2D eigenvalue weighted by Crippen LogP contribution is 2.26. The van der Waals surface area contributed by atoms with E-state index in [2.05, 4.69) is 10.6 Å². The lowest BCUT2D eigenvalue weighted by Gasteiger charge is -2.19. The summed E-state index contributed by atoms with van der Waals surface area (Å²) in [5.74, 6) is -0.902. The molecule has 1 aliphatic heterocycles. The predicted octanol–water partition coefficient (Wildman–Crippen LogP) is 0.916. The topological polar surface area (TPSA) is 78.4 Å². The van der Waals surface area contributed by atoms with Crippen molar-refractivity contribution in [3.63, 3.8) is 0 Å². The minimum atomic E-state index is -0.910. The maximum absolute atomic E-state index is 11.2. The molecule has 0 aliphatic carbocycles. The fourth-order valence-corrected chi connectivity index (χ4v) is 2.02. The summed E-state index contributed by atoms with van der Waals surface area (Å²) in [6.07, 6.45) is 1.11. The van der Waals surface area contributed by atoms with Gasteiger partial charge in [0.2, 0.25) is 5.91 Å². The van der Waals surface area contributed by atoms with Gasteiger partial charge in [0, 0.05) is 12.1 Å². The van der Waals surface area contributed by atoms with E-state index in [1.54, 1.807) is 19.2 Å². The number of hydrogen-bond acceptors (Lipinski definition) is 3. The number of carbonyl (C=O) groups excluding carboxylic acids is 1. The van der Waals surface area contributed by atoms with Gasteiger partial charge in [0.1, 0.15) is 6.04 Å². The monoisotopic (exact) mass is 234 g/mol. The summed E-state index contributed by atoms with van der Waals surface area (Å²) in [5, 5.41) is 14.6. The van der Waals surface area contributed by atoms with Gasteiger partial charge in [0.05, 0.1) is 0 Å². The summed E-state index contributed by atoms with van der Waals surface area (Å²) in [6, 6.07) is 4.61. The minimum absolute atomic E-state index is 0.00801. The Labute approximate surface area is 98.8 Å². The van der Waals surface area contributed by atoms with Crippen molar-refractivity contribution >= 4 is 17.6 Å². The van der Waals surface area contributed by atoms with Crippen molar-refractivity contribution in [3.8, 4) is 0 Å². The Bertz CT molecular complexity index is 471. The number of carboxylic acid groups (broad SMARTS) is 1. The van der Waals surface area contributed by atoms with E-state index < -0.39 is 12.0 Å². The minimum Gasteiger partial charge on any atom is -0.480 e. The average molecular weight is 234 g/mol. The highest BCUT2D eigenvalue weighted by atomic mass is 16.4. The Hall–Kier alpha value is -1.88. The molecule has 2 rings (SSSR count). The largest absolute Gasteiger partial charge is 0.480 e. The van der Waals surface area contributed by atoms with Gasteiger partial charge >= 0.3 is 5.97 Å². The number of aliphatic carboxylic acids is 1. The second kappa shape index (κ2) is 4.55. The molecule has 1 amide bonds. The summed E-state index contributed by atoms with van der Waals surface area (Å²) < 4.78 is 0. The Kier molecular flexibility index (Phi) is 3.10. The maximum atomic E-state index is 11.2. The molecule has 0 radical (unpaired) electrons. The standard InChI is InChI=1S/C12H14N2O3/c1-13-11(12(16)17)8-2-4-9-7(6-8)3-5-10(15)14-9/h2,4,6,11,13H,3,5H2,1H3,(H,14,15)(H,16,17). The van der Waals surface area contributed by atoms with Gasteiger partial charge in [0.25, 0.3) is 0 Å². The van der Waals surface area contributed by atoms with E-state index in [0.717, 1.165) is 11.3 Å². The number of aryl methyl sites for hydroxylation is 1. The molecule has 1 atom stereocenters. The van der Waals surface area contributed by atoms with Crippen LogP contribution in [0.1, 0.15) is 23.6 Å². The highest BCUT2D eigenvalue weighted by molar-refractivity contribution is 5.94. The first-order valence-electron chi connectivity index (χ1n) is 5.44. The van der Waals surface area contributed by atoms with Crippen LogP contribution >= 0.6 is 0 Å². The van der Waals surface area contributed by atoms with Gasteiger partial charge in [-0.3, -0.25) is 9.59 Å². The lowest BCUT2D eigenvalue weighted by molar-refractivity contribution is -0.139. The molecule has 17 heavy (non-hydrogen) atoms. The van der Waals surface area contributed by atoms with Gasteiger partial charge in [-0.25, -0.2) is 0 Å². The van der Waals surface area contributed by atoms with Gasteiger partial charge in [-0.1, -0.05) is 12.1 Å². The van der Waals surface area contributed by atoms with Crippen molar-refractivity contribution in [2.24, 2.45) is 0 Å². The second-order valence-corrected chi connectivity index (χ2v) is 4.02. The lowest BCUT2D eigenvalue weighted by Crippen LogP contribution is -2.26. The van der Waals surface area contributed by atoms with Crippen molar-refractivity contribution in [2.45, 2.75) is 18.9 Å². The zero-order valence-corrected chi connectivity index (χ0v) is 9.49. The van der Waals surface area contributed by atoms with Crippen molar-refractivity contribution in [1.82, 2.24) is 5.32 Å². The van der Waals surface area contributed by atoms with Gasteiger partial charge < -0.3 is 15.7 Å². The third-order valence-electron chi connectivity index (χ3n) is 2.89. The number of nitrogens with one attached hydrogen (secondary N) is 2. The number of anilines is 1. The van der Waals surface area contributed by atoms with E-state index >= 15 is 0 Å². The first-order valence-corrected chi connectivity index (χ1v) is 5.44. The van der Waals surface area contributed by atoms with Crippen LogP contribution in [-0.4, -0.2) is 24.0 Å². The molecule has 0 aromatic heterocycles. The summed E-state index contributed by atoms with van der Waals surface area (Å²) in [5.41, 5.74) is 2.48. The number of fused-ring (bicyclic) bond motifs is 1. The molecule has 1 aromatic carbocycles. The molecule has 3 N–H and O–H groups in total. The molecule has 0 saturated carbocycles. The molecule has 1 unspecified atom stereocenters. The van der Waals surface area contributed by atoms with Crippen LogP contribution in [0.4, 0.5) is 5.69 Å². The second-order valence-electron chi connectivity index (χ2n) is 4.02. The average Bonchev–Trinajstić information content (AvgIpc) is 2.29. The first kappa shape index (κ1) is 11.6. The summed E-state index contributed by atoms with van der Waals surface area (Å²) in [7, 11) is 1.61. The molecular weight excluding hydrogens is 220 g/mol. The number of amides is 1. The van der Waals surface area contributed by atoms with Crippen molar-refractivity contribution < 1.29 is 14.7 Å². The highest BCUT2D eigenvalue weighted by Gasteiger charge is 2.20. The van der Waals surface area contributed by atoms with Crippen molar-refractivity contribution in [3.05, 3.63) is 29.3 Å². The number of carbonyl (C=O) groups is 2. The van der Waals surface area contributed by atoms with Crippen LogP contribution < -0.4 is 10.6 Å². The SMILES string of the molecule is CNC(C(=O)O)c1ccc2c(c1)CCC(=O)N2. The van der Waals surface area contributed by atoms with Gasteiger partial charge in [-0.05, 0) is 30.7 Å². The number of likely N-dealkylation sites (N-methyl/N-ethyl adjacent to an activating group) is 1. The zero-order valence-electron chi connectivity index (χ0n) is 9.49. The van der Waals surface area contributed by atoms with Crippen molar-refractivity contribution in [1.29, 1.82) is 0 Å². The van der Waals surface area contributed by atoms with E-state index in [4.69, 9.17) is 5.11 Å². The molecule has 1 heterocycles. The molecule has 1 aliphatic rings. The number of benzene rings is 1. The first-order chi connectivity index (χ1) is 8.11. The van der Waals surface area contributed by atoms with E-state index in [0.29, 0.717) is 18.4 Å². The summed E-state index contributed by atoms with van der Waals surface area (Å²) in [4.78, 5) is 22.2. The van der Waals surface area contributed by atoms with E-state index in [1.165, 1.54) is 0 Å². The molecule has 0 bridgehead atoms. The van der Waals surface area contributed by atoms with Gasteiger partial charge in [-0.2, -0.15) is 0 Å². The van der Waals surface area contributed by atoms with Gasteiger partial charge in [0.15, 0.2) is 0 Å². The summed E-state index contributed by atoms with van der Waals surface area (Å²) in [6.45, 7) is 0. The lowest BCUT2D eigenvalue weighted by atomic mass is 9.97. The fourth-order valence-electron chi connectivity index (χ4n) is 2.02. The van der Waals surface area contributed by atoms with Crippen LogP contribution in [0, 0.1) is 0 Å². The Morgan fingerprint density at radius 3 is 2.88 bits per heavy atom. The number of carboxylic acids is 1. The predicted molar refractivity (Wildman–Crippen MR) is 62.8 cm³/mol. The van der Waals surface area contributed by atoms with Crippen LogP contribution in [0.25, 0.3) is 0 Å². The van der Waals surface area contributed by atoms with Crippen LogP contribution in [0.3, 0.4) is 0 Å². The van der Waals surface area contributed by atoms with Crippen LogP contribution in [0.15, 0.2) is 18.2 Å². The molecule has 1 aromatic rings. The van der Waals surface area contributed by atoms with Gasteiger partial charge in [-0.15, -0.1) is 0 Å². The third-order valence-corrected chi connectivity index (χ3v) is 2.89. The Morgan fingerprint density at radius 2 is 2.24 bits per heavy atom. The van der Waals surface area contributed by atoms with Crippen molar-refractivity contribution in [2.75, 3.05) is 12.4 Å². The quantitative estimate of drug-likeness (QED) is 0.726. The van der Waals surface area contributed by atoms with E-state index in [9.17, 15) is 9.59 Å². The molecule has 5 nitrogen and oxygen atoms in total. The zero-order chi connectivity index (χ0) is 12.4. The third kappa shape index (κ3) is 2.29. The maximum Gasteiger partial charge on any atom is 0.325 e. The summed E-state index contributed by atoms with van der Waals surface area (Å²) >= 11 is 0. The normalized spacial score (nSPS) is 15.9. The molecule has 5 heteroatoms.